The number of piperidine rings is 1. The van der Waals surface area contributed by atoms with Crippen molar-refractivity contribution < 1.29 is 13.6 Å². The maximum Gasteiger partial charge on any atom is 0.225 e. The average molecular weight is 358 g/mol. The molecule has 26 heavy (non-hydrogen) atoms. The largest absolute Gasteiger partial charge is 0.341 e. The number of aromatic nitrogens is 2. The van der Waals surface area contributed by atoms with E-state index in [1.165, 1.54) is 12.1 Å². The first-order valence-corrected chi connectivity index (χ1v) is 8.78. The highest BCUT2D eigenvalue weighted by Gasteiger charge is 2.45. The van der Waals surface area contributed by atoms with Crippen LogP contribution in [0.15, 0.2) is 36.7 Å². The van der Waals surface area contributed by atoms with Crippen LogP contribution in [0, 0.1) is 17.0 Å². The molecule has 1 amide bonds. The molecule has 2 aliphatic rings. The van der Waals surface area contributed by atoms with Gasteiger partial charge < -0.3 is 9.80 Å². The third kappa shape index (κ3) is 3.25. The third-order valence-electron chi connectivity index (χ3n) is 5.42. The number of halogens is 2. The maximum atomic E-state index is 13.4. The van der Waals surface area contributed by atoms with Gasteiger partial charge in [0.1, 0.15) is 0 Å². The molecule has 0 radical (unpaired) electrons. The van der Waals surface area contributed by atoms with Gasteiger partial charge in [-0.3, -0.25) is 4.79 Å². The zero-order chi connectivity index (χ0) is 18.1. The van der Waals surface area contributed by atoms with Crippen LogP contribution in [0.4, 0.5) is 14.7 Å². The van der Waals surface area contributed by atoms with Crippen molar-refractivity contribution in [3.63, 3.8) is 0 Å². The van der Waals surface area contributed by atoms with Crippen LogP contribution in [0.25, 0.3) is 0 Å². The highest BCUT2D eigenvalue weighted by molar-refractivity contribution is 5.79. The summed E-state index contributed by atoms with van der Waals surface area (Å²) in [5, 5.41) is 0. The van der Waals surface area contributed by atoms with Gasteiger partial charge >= 0.3 is 0 Å². The number of rotatable bonds is 3. The Hall–Kier alpha value is -2.57. The summed E-state index contributed by atoms with van der Waals surface area (Å²) < 4.78 is 26.5. The molecule has 0 bridgehead atoms. The molecule has 2 saturated heterocycles. The van der Waals surface area contributed by atoms with Crippen LogP contribution in [0.3, 0.4) is 0 Å². The van der Waals surface area contributed by atoms with Crippen molar-refractivity contribution in [1.82, 2.24) is 14.9 Å². The smallest absolute Gasteiger partial charge is 0.225 e. The molecule has 0 aliphatic carbocycles. The highest BCUT2D eigenvalue weighted by atomic mass is 19.2. The van der Waals surface area contributed by atoms with Gasteiger partial charge in [-0.2, -0.15) is 0 Å². The van der Waals surface area contributed by atoms with Gasteiger partial charge in [0, 0.05) is 50.4 Å². The fourth-order valence-electron chi connectivity index (χ4n) is 3.95. The fraction of sp³-hybridized carbons (Fsp3) is 0.421. The van der Waals surface area contributed by atoms with Crippen molar-refractivity contribution in [3.05, 3.63) is 53.9 Å². The molecule has 7 heteroatoms. The molecule has 0 unspecified atom stereocenters. The number of anilines is 1. The predicted octanol–water partition coefficient (Wildman–Crippen LogP) is 2.77. The molecule has 1 aromatic carbocycles. The van der Waals surface area contributed by atoms with Crippen LogP contribution in [0.1, 0.15) is 24.8 Å². The maximum absolute atomic E-state index is 13.4. The van der Waals surface area contributed by atoms with E-state index in [9.17, 15) is 13.6 Å². The van der Waals surface area contributed by atoms with Gasteiger partial charge in [0.05, 0.1) is 0 Å². The topological polar surface area (TPSA) is 49.3 Å². The summed E-state index contributed by atoms with van der Waals surface area (Å²) in [6, 6.07) is 5.61. The minimum absolute atomic E-state index is 0.0407. The lowest BCUT2D eigenvalue weighted by atomic mass is 9.77. The summed E-state index contributed by atoms with van der Waals surface area (Å²) in [7, 11) is 0. The van der Waals surface area contributed by atoms with E-state index in [2.05, 4.69) is 14.9 Å². The molecule has 1 spiro atoms. The van der Waals surface area contributed by atoms with Gasteiger partial charge in [-0.15, -0.1) is 0 Å². The monoisotopic (exact) mass is 358 g/mol. The van der Waals surface area contributed by atoms with Gasteiger partial charge in [-0.1, -0.05) is 6.07 Å². The number of hydrogen-bond acceptors (Lipinski definition) is 4. The van der Waals surface area contributed by atoms with E-state index in [-0.39, 0.29) is 11.3 Å². The first-order valence-electron chi connectivity index (χ1n) is 8.78. The van der Waals surface area contributed by atoms with Gasteiger partial charge in [0.25, 0.3) is 0 Å². The lowest BCUT2D eigenvalue weighted by Gasteiger charge is -2.38. The molecular formula is C19H20F2N4O. The van der Waals surface area contributed by atoms with Crippen LogP contribution in [-0.2, 0) is 11.3 Å². The standard InChI is InChI=1S/C19H20F2N4O/c20-15-3-2-14(10-16(15)21)12-25-13-19(11-17(25)26)4-8-24(9-5-19)18-22-6-1-7-23-18/h1-3,6-7,10H,4-5,8-9,11-13H2. The summed E-state index contributed by atoms with van der Waals surface area (Å²) in [5.41, 5.74) is 0.574. The molecule has 1 aromatic heterocycles. The number of carbonyl (C=O) groups excluding carboxylic acids is 1. The van der Waals surface area contributed by atoms with Crippen molar-refractivity contribution in [1.29, 1.82) is 0 Å². The summed E-state index contributed by atoms with van der Waals surface area (Å²) >= 11 is 0. The molecule has 0 saturated carbocycles. The summed E-state index contributed by atoms with van der Waals surface area (Å²) in [4.78, 5) is 25.0. The molecule has 136 valence electrons. The van der Waals surface area contributed by atoms with Crippen LogP contribution in [-0.4, -0.2) is 40.4 Å². The zero-order valence-electron chi connectivity index (χ0n) is 14.4. The van der Waals surface area contributed by atoms with E-state index in [0.29, 0.717) is 25.1 Å². The summed E-state index contributed by atoms with van der Waals surface area (Å²) in [5.74, 6) is -0.932. The molecule has 4 rings (SSSR count). The lowest BCUT2D eigenvalue weighted by molar-refractivity contribution is -0.128. The normalized spacial score (nSPS) is 19.4. The van der Waals surface area contributed by atoms with Crippen molar-refractivity contribution in [2.45, 2.75) is 25.8 Å². The average Bonchev–Trinajstić information content (AvgIpc) is 2.94. The fourth-order valence-corrected chi connectivity index (χ4v) is 3.95. The minimum atomic E-state index is -0.875. The Morgan fingerprint density at radius 3 is 2.50 bits per heavy atom. The summed E-state index contributed by atoms with van der Waals surface area (Å²) in [6.45, 7) is 2.62. The molecular weight excluding hydrogens is 338 g/mol. The molecule has 0 atom stereocenters. The second kappa shape index (κ2) is 6.63. The molecule has 2 fully saturated rings. The number of likely N-dealkylation sites (tertiary alicyclic amines) is 1. The van der Waals surface area contributed by atoms with Crippen LogP contribution in [0.2, 0.25) is 0 Å². The molecule has 2 aromatic rings. The molecule has 3 heterocycles. The Balaban J connectivity index is 1.41. The van der Waals surface area contributed by atoms with Crippen LogP contribution < -0.4 is 4.90 Å². The first kappa shape index (κ1) is 16.9. The Labute approximate surface area is 150 Å². The Bertz CT molecular complexity index is 806. The molecule has 2 aliphatic heterocycles. The van der Waals surface area contributed by atoms with E-state index >= 15 is 0 Å². The van der Waals surface area contributed by atoms with E-state index in [1.54, 1.807) is 23.4 Å². The minimum Gasteiger partial charge on any atom is -0.341 e. The SMILES string of the molecule is O=C1CC2(CCN(c3ncccn3)CC2)CN1Cc1ccc(F)c(F)c1. The predicted molar refractivity (Wildman–Crippen MR) is 92.3 cm³/mol. The quantitative estimate of drug-likeness (QED) is 0.847. The second-order valence-electron chi connectivity index (χ2n) is 7.21. The lowest BCUT2D eigenvalue weighted by Crippen LogP contribution is -2.42. The summed E-state index contributed by atoms with van der Waals surface area (Å²) in [6.07, 6.45) is 5.77. The van der Waals surface area contributed by atoms with Gasteiger partial charge in [-0.25, -0.2) is 18.7 Å². The number of amides is 1. The number of carbonyl (C=O) groups is 1. The van der Waals surface area contributed by atoms with Gasteiger partial charge in [-0.05, 0) is 36.6 Å². The molecule has 0 N–H and O–H groups in total. The van der Waals surface area contributed by atoms with Crippen LogP contribution in [0.5, 0.6) is 0 Å². The second-order valence-corrected chi connectivity index (χ2v) is 7.21. The molecule has 5 nitrogen and oxygen atoms in total. The van der Waals surface area contributed by atoms with Crippen molar-refractivity contribution in [2.75, 3.05) is 24.5 Å². The number of hydrogen-bond donors (Lipinski definition) is 0. The van der Waals surface area contributed by atoms with E-state index in [4.69, 9.17) is 0 Å². The van der Waals surface area contributed by atoms with Crippen molar-refractivity contribution in [3.8, 4) is 0 Å². The van der Waals surface area contributed by atoms with E-state index < -0.39 is 11.6 Å². The van der Waals surface area contributed by atoms with E-state index in [0.717, 1.165) is 37.9 Å². The van der Waals surface area contributed by atoms with Crippen molar-refractivity contribution >= 4 is 11.9 Å². The number of nitrogens with zero attached hydrogens (tertiary/aromatic N) is 4. The third-order valence-corrected chi connectivity index (χ3v) is 5.42. The van der Waals surface area contributed by atoms with Crippen molar-refractivity contribution in [2.24, 2.45) is 5.41 Å². The van der Waals surface area contributed by atoms with Gasteiger partial charge in [0.15, 0.2) is 11.6 Å². The highest BCUT2D eigenvalue weighted by Crippen LogP contribution is 2.41. The van der Waals surface area contributed by atoms with E-state index in [1.807, 2.05) is 0 Å². The van der Waals surface area contributed by atoms with Gasteiger partial charge in [0.2, 0.25) is 11.9 Å². The first-order chi connectivity index (χ1) is 12.5. The Morgan fingerprint density at radius 1 is 1.08 bits per heavy atom. The zero-order valence-corrected chi connectivity index (χ0v) is 14.4. The Morgan fingerprint density at radius 2 is 1.81 bits per heavy atom. The number of benzene rings is 1. The van der Waals surface area contributed by atoms with Crippen LogP contribution >= 0.6 is 0 Å². The Kier molecular flexibility index (Phi) is 4.30.